The van der Waals surface area contributed by atoms with Gasteiger partial charge in [-0.15, -0.1) is 0 Å². The van der Waals surface area contributed by atoms with Crippen molar-refractivity contribution in [3.05, 3.63) is 0 Å². The van der Waals surface area contributed by atoms with Gasteiger partial charge in [0.15, 0.2) is 0 Å². The third-order valence-electron chi connectivity index (χ3n) is 2.16. The highest BCUT2D eigenvalue weighted by atomic mass is 16.5. The number of ether oxygens (including phenoxy) is 1. The van der Waals surface area contributed by atoms with E-state index in [0.29, 0.717) is 13.2 Å². The summed E-state index contributed by atoms with van der Waals surface area (Å²) >= 11 is 0. The molecule has 0 aliphatic rings. The number of hydrogen-bond donors (Lipinski definition) is 2. The van der Waals surface area contributed by atoms with Crippen LogP contribution in [0, 0.1) is 5.41 Å². The van der Waals surface area contributed by atoms with Gasteiger partial charge in [-0.25, -0.2) is 0 Å². The molecule has 0 heterocycles. The first kappa shape index (κ1) is 15.4. The molecule has 4 heteroatoms. The lowest BCUT2D eigenvalue weighted by Crippen LogP contribution is -2.47. The zero-order valence-corrected chi connectivity index (χ0v) is 11.2. The van der Waals surface area contributed by atoms with Gasteiger partial charge in [-0.2, -0.15) is 0 Å². The molecule has 0 saturated heterocycles. The molecule has 1 unspecified atom stereocenters. The van der Waals surface area contributed by atoms with Crippen LogP contribution in [-0.2, 0) is 9.53 Å². The van der Waals surface area contributed by atoms with E-state index >= 15 is 0 Å². The van der Waals surface area contributed by atoms with Crippen LogP contribution in [0.25, 0.3) is 0 Å². The first-order valence-corrected chi connectivity index (χ1v) is 5.85. The second-order valence-electron chi connectivity index (χ2n) is 5.66. The Morgan fingerprint density at radius 3 is 2.31 bits per heavy atom. The number of carbonyl (C=O) groups excluding carboxylic acids is 1. The van der Waals surface area contributed by atoms with Crippen LogP contribution in [0.15, 0.2) is 0 Å². The molecule has 0 radical (unpaired) electrons. The van der Waals surface area contributed by atoms with E-state index in [0.717, 1.165) is 6.42 Å². The molecule has 0 rings (SSSR count). The summed E-state index contributed by atoms with van der Waals surface area (Å²) in [6, 6.07) is -0.163. The summed E-state index contributed by atoms with van der Waals surface area (Å²) < 4.78 is 5.47. The zero-order valence-electron chi connectivity index (χ0n) is 11.2. The van der Waals surface area contributed by atoms with Gasteiger partial charge in [0.1, 0.15) is 6.04 Å². The number of rotatable bonds is 7. The quantitative estimate of drug-likeness (QED) is 0.648. The number of amides is 1. The van der Waals surface area contributed by atoms with Crippen molar-refractivity contribution in [1.29, 1.82) is 0 Å². The van der Waals surface area contributed by atoms with Crippen molar-refractivity contribution >= 4 is 5.91 Å². The molecule has 0 aromatic rings. The number of hydrogen-bond acceptors (Lipinski definition) is 3. The van der Waals surface area contributed by atoms with Crippen molar-refractivity contribution in [1.82, 2.24) is 5.32 Å². The van der Waals surface area contributed by atoms with Crippen LogP contribution in [0.5, 0.6) is 0 Å². The second kappa shape index (κ2) is 6.86. The molecule has 0 saturated carbocycles. The van der Waals surface area contributed by atoms with Gasteiger partial charge in [0.25, 0.3) is 0 Å². The van der Waals surface area contributed by atoms with Crippen LogP contribution in [0.3, 0.4) is 0 Å². The monoisotopic (exact) mass is 230 g/mol. The predicted octanol–water partition coefficient (Wildman–Crippen LogP) is 1.29. The fourth-order valence-electron chi connectivity index (χ4n) is 1.19. The Bertz CT molecular complexity index is 210. The van der Waals surface area contributed by atoms with Gasteiger partial charge < -0.3 is 15.8 Å². The molecule has 3 N–H and O–H groups in total. The molecular weight excluding hydrogens is 204 g/mol. The van der Waals surface area contributed by atoms with E-state index in [1.807, 2.05) is 13.8 Å². The van der Waals surface area contributed by atoms with E-state index in [-0.39, 0.29) is 23.4 Å². The van der Waals surface area contributed by atoms with Crippen molar-refractivity contribution in [2.75, 3.05) is 13.2 Å². The van der Waals surface area contributed by atoms with Crippen molar-refractivity contribution < 1.29 is 9.53 Å². The fourth-order valence-corrected chi connectivity index (χ4v) is 1.19. The highest BCUT2D eigenvalue weighted by Crippen LogP contribution is 2.17. The minimum absolute atomic E-state index is 0.226. The minimum atomic E-state index is -0.389. The molecule has 0 spiro atoms. The van der Waals surface area contributed by atoms with E-state index in [9.17, 15) is 4.79 Å². The summed E-state index contributed by atoms with van der Waals surface area (Å²) in [6.45, 7) is 11.4. The van der Waals surface area contributed by atoms with E-state index < -0.39 is 0 Å². The Balaban J connectivity index is 3.82. The Labute approximate surface area is 98.9 Å². The number of primary amides is 1. The minimum Gasteiger partial charge on any atom is -0.379 e. The largest absolute Gasteiger partial charge is 0.379 e. The molecule has 1 amide bonds. The van der Waals surface area contributed by atoms with Crippen LogP contribution < -0.4 is 11.1 Å². The Kier molecular flexibility index (Phi) is 6.60. The third kappa shape index (κ3) is 8.68. The molecule has 0 aromatic carbocycles. The summed E-state index contributed by atoms with van der Waals surface area (Å²) in [7, 11) is 0. The average Bonchev–Trinajstić information content (AvgIpc) is 2.07. The molecular formula is C12H26N2O2. The van der Waals surface area contributed by atoms with Crippen LogP contribution in [0.4, 0.5) is 0 Å². The lowest BCUT2D eigenvalue weighted by molar-refractivity contribution is -0.121. The number of nitrogens with two attached hydrogens (primary N) is 1. The van der Waals surface area contributed by atoms with E-state index in [2.05, 4.69) is 26.1 Å². The molecule has 0 aromatic heterocycles. The maximum absolute atomic E-state index is 11.1. The molecule has 0 fully saturated rings. The maximum Gasteiger partial charge on any atom is 0.236 e. The zero-order chi connectivity index (χ0) is 12.8. The molecule has 0 aliphatic carbocycles. The van der Waals surface area contributed by atoms with Crippen LogP contribution >= 0.6 is 0 Å². The Morgan fingerprint density at radius 1 is 1.38 bits per heavy atom. The van der Waals surface area contributed by atoms with Crippen molar-refractivity contribution in [3.63, 3.8) is 0 Å². The van der Waals surface area contributed by atoms with Gasteiger partial charge in [0.2, 0.25) is 5.91 Å². The molecule has 1 atom stereocenters. The van der Waals surface area contributed by atoms with Crippen LogP contribution in [0.2, 0.25) is 0 Å². The van der Waals surface area contributed by atoms with E-state index in [4.69, 9.17) is 10.5 Å². The van der Waals surface area contributed by atoms with Crippen molar-refractivity contribution in [2.24, 2.45) is 11.1 Å². The molecule has 0 bridgehead atoms. The van der Waals surface area contributed by atoms with Crippen LogP contribution in [-0.4, -0.2) is 31.2 Å². The normalized spacial score (nSPS) is 14.1. The Morgan fingerprint density at radius 2 is 1.94 bits per heavy atom. The maximum atomic E-state index is 11.1. The standard InChI is InChI=1S/C12H26N2O2/c1-9(2)14-10(11(13)15)8-16-7-6-12(3,4)5/h9-10,14H,6-8H2,1-5H3,(H2,13,15). The lowest BCUT2D eigenvalue weighted by atomic mass is 9.93. The molecule has 4 nitrogen and oxygen atoms in total. The highest BCUT2D eigenvalue weighted by molar-refractivity contribution is 5.80. The van der Waals surface area contributed by atoms with E-state index in [1.54, 1.807) is 0 Å². The molecule has 16 heavy (non-hydrogen) atoms. The third-order valence-corrected chi connectivity index (χ3v) is 2.16. The van der Waals surface area contributed by atoms with Gasteiger partial charge in [-0.1, -0.05) is 34.6 Å². The van der Waals surface area contributed by atoms with E-state index in [1.165, 1.54) is 0 Å². The van der Waals surface area contributed by atoms with Gasteiger partial charge in [-0.3, -0.25) is 4.79 Å². The Hall–Kier alpha value is -0.610. The summed E-state index contributed by atoms with van der Waals surface area (Å²) in [4.78, 5) is 11.1. The van der Waals surface area contributed by atoms with Crippen molar-refractivity contribution in [2.45, 2.75) is 53.1 Å². The summed E-state index contributed by atoms with van der Waals surface area (Å²) in [5, 5.41) is 3.08. The summed E-state index contributed by atoms with van der Waals surface area (Å²) in [5.41, 5.74) is 5.53. The number of carbonyl (C=O) groups is 1. The first-order valence-electron chi connectivity index (χ1n) is 5.85. The lowest BCUT2D eigenvalue weighted by Gasteiger charge is -2.21. The van der Waals surface area contributed by atoms with Crippen molar-refractivity contribution in [3.8, 4) is 0 Å². The number of nitrogens with one attached hydrogen (secondary N) is 1. The topological polar surface area (TPSA) is 64.3 Å². The average molecular weight is 230 g/mol. The highest BCUT2D eigenvalue weighted by Gasteiger charge is 2.16. The summed E-state index contributed by atoms with van der Waals surface area (Å²) in [6.07, 6.45) is 0.972. The van der Waals surface area contributed by atoms with Gasteiger partial charge in [0, 0.05) is 12.6 Å². The van der Waals surface area contributed by atoms with Gasteiger partial charge in [0.05, 0.1) is 6.61 Å². The van der Waals surface area contributed by atoms with Crippen LogP contribution in [0.1, 0.15) is 41.0 Å². The predicted molar refractivity (Wildman–Crippen MR) is 66.1 cm³/mol. The fraction of sp³-hybridized carbons (Fsp3) is 0.917. The first-order chi connectivity index (χ1) is 7.22. The molecule has 0 aliphatic heterocycles. The second-order valence-corrected chi connectivity index (χ2v) is 5.66. The summed E-state index contributed by atoms with van der Waals surface area (Å²) in [5.74, 6) is -0.357. The molecule has 96 valence electrons. The van der Waals surface area contributed by atoms with Gasteiger partial charge in [-0.05, 0) is 11.8 Å². The van der Waals surface area contributed by atoms with Gasteiger partial charge >= 0.3 is 0 Å². The SMILES string of the molecule is CC(C)NC(COCCC(C)(C)C)C(N)=O. The smallest absolute Gasteiger partial charge is 0.236 e.